The van der Waals surface area contributed by atoms with E-state index < -0.39 is 0 Å². The summed E-state index contributed by atoms with van der Waals surface area (Å²) < 4.78 is 0. The molecule has 0 atom stereocenters. The van der Waals surface area contributed by atoms with Gasteiger partial charge in [-0.2, -0.15) is 59.8 Å². The van der Waals surface area contributed by atoms with Crippen molar-refractivity contribution >= 4 is 47.6 Å². The third-order valence-corrected chi connectivity index (χ3v) is 12.0. The van der Waals surface area contributed by atoms with Crippen LogP contribution < -0.4 is 45.9 Å². The van der Waals surface area contributed by atoms with Crippen molar-refractivity contribution in [1.29, 1.82) is 0 Å². The predicted molar refractivity (Wildman–Crippen MR) is 290 cm³/mol. The molecule has 74 heavy (non-hydrogen) atoms. The lowest BCUT2D eigenvalue weighted by atomic mass is 9.74. The summed E-state index contributed by atoms with van der Waals surface area (Å²) in [4.78, 5) is 51.2. The largest absolute Gasteiger partial charge is 0.368 e. The molecule has 7 aromatic carbocycles. The van der Waals surface area contributed by atoms with Gasteiger partial charge < -0.3 is 45.9 Å². The van der Waals surface area contributed by atoms with Crippen molar-refractivity contribution < 1.29 is 0 Å². The fourth-order valence-electron chi connectivity index (χ4n) is 8.99. The normalized spacial score (nSPS) is 11.1. The minimum absolute atomic E-state index is 0.00647. The first-order valence-electron chi connectivity index (χ1n) is 22.8. The molecule has 0 radical (unpaired) electrons. The van der Waals surface area contributed by atoms with E-state index in [-0.39, 0.29) is 47.6 Å². The van der Waals surface area contributed by atoms with Gasteiger partial charge in [0.1, 0.15) is 0 Å². The maximum Gasteiger partial charge on any atom is 0.225 e. The summed E-state index contributed by atoms with van der Waals surface area (Å²) >= 11 is 0. The summed E-state index contributed by atoms with van der Waals surface area (Å²) in [5, 5.41) is 0. The third kappa shape index (κ3) is 8.90. The van der Waals surface area contributed by atoms with Crippen LogP contribution in [0.4, 0.5) is 47.6 Å². The summed E-state index contributed by atoms with van der Waals surface area (Å²) in [7, 11) is 0. The van der Waals surface area contributed by atoms with Gasteiger partial charge in [-0.1, -0.05) is 158 Å². The maximum atomic E-state index is 6.05. The van der Waals surface area contributed by atoms with Crippen LogP contribution in [0.2, 0.25) is 0 Å². The van der Waals surface area contributed by atoms with E-state index in [1.54, 1.807) is 0 Å². The van der Waals surface area contributed by atoms with E-state index in [0.717, 1.165) is 66.8 Å². The van der Waals surface area contributed by atoms with Crippen molar-refractivity contribution in [3.05, 3.63) is 158 Å². The van der Waals surface area contributed by atoms with Crippen LogP contribution in [0.1, 0.15) is 0 Å². The van der Waals surface area contributed by atoms with Gasteiger partial charge >= 0.3 is 0 Å². The Morgan fingerprint density at radius 1 is 0.162 bits per heavy atom. The van der Waals surface area contributed by atoms with Crippen LogP contribution in [0.25, 0.3) is 112 Å². The maximum absolute atomic E-state index is 6.05. The Morgan fingerprint density at radius 3 is 0.486 bits per heavy atom. The van der Waals surface area contributed by atoms with Gasteiger partial charge in [0.15, 0.2) is 23.3 Å². The number of anilines is 8. The third-order valence-electron chi connectivity index (χ3n) is 12.0. The zero-order valence-corrected chi connectivity index (χ0v) is 39.0. The van der Waals surface area contributed by atoms with Gasteiger partial charge in [-0.15, -0.1) is 0 Å². The number of hydrogen-bond donors (Lipinski definition) is 8. The first-order chi connectivity index (χ1) is 35.9. The smallest absolute Gasteiger partial charge is 0.225 e. The highest BCUT2D eigenvalue weighted by atomic mass is 15.2. The van der Waals surface area contributed by atoms with Gasteiger partial charge in [-0.05, 0) is 66.8 Å². The topological polar surface area (TPSA) is 363 Å². The first-order valence-corrected chi connectivity index (χ1v) is 22.8. The average Bonchev–Trinajstić information content (AvgIpc) is 3.40. The molecule has 0 bridgehead atoms. The van der Waals surface area contributed by atoms with E-state index in [0.29, 0.717) is 45.6 Å². The molecule has 358 valence electrons. The number of rotatable bonds is 10. The Morgan fingerprint density at radius 2 is 0.311 bits per heavy atom. The van der Waals surface area contributed by atoms with Crippen molar-refractivity contribution in [3.8, 4) is 112 Å². The molecule has 0 aliphatic rings. The number of nitrogens with zero attached hydrogens (tertiary/aromatic N) is 12. The van der Waals surface area contributed by atoms with Crippen molar-refractivity contribution in [2.75, 3.05) is 45.9 Å². The van der Waals surface area contributed by atoms with E-state index in [4.69, 9.17) is 45.9 Å². The van der Waals surface area contributed by atoms with E-state index in [1.165, 1.54) is 0 Å². The predicted octanol–water partition coefficient (Wildman–Crippen LogP) is 7.75. The Kier molecular flexibility index (Phi) is 11.5. The zero-order chi connectivity index (χ0) is 51.0. The molecule has 20 heteroatoms. The number of benzene rings is 7. The molecular weight excluding hydrogens is 929 g/mol. The molecule has 0 unspecified atom stereocenters. The molecule has 0 saturated heterocycles. The van der Waals surface area contributed by atoms with Crippen molar-refractivity contribution in [3.63, 3.8) is 0 Å². The number of nitrogen functional groups attached to an aromatic ring is 8. The van der Waals surface area contributed by atoms with E-state index >= 15 is 0 Å². The van der Waals surface area contributed by atoms with Gasteiger partial charge in [-0.3, -0.25) is 0 Å². The van der Waals surface area contributed by atoms with Crippen molar-refractivity contribution in [2.24, 2.45) is 0 Å². The Balaban J connectivity index is 1.28. The highest BCUT2D eigenvalue weighted by Crippen LogP contribution is 2.56. The molecular formula is C54H42N20. The second-order valence-corrected chi connectivity index (χ2v) is 16.8. The van der Waals surface area contributed by atoms with Gasteiger partial charge in [0.2, 0.25) is 47.6 Å². The van der Waals surface area contributed by atoms with Crippen LogP contribution in [0.5, 0.6) is 0 Å². The minimum Gasteiger partial charge on any atom is -0.368 e. The fraction of sp³-hybridized carbons (Fsp3) is 0. The summed E-state index contributed by atoms with van der Waals surface area (Å²) in [5.41, 5.74) is 61.8. The molecule has 16 N–H and O–H groups in total. The van der Waals surface area contributed by atoms with Gasteiger partial charge in [0.25, 0.3) is 0 Å². The molecule has 20 nitrogen and oxygen atoms in total. The van der Waals surface area contributed by atoms with E-state index in [9.17, 15) is 0 Å². The highest BCUT2D eigenvalue weighted by Gasteiger charge is 2.30. The van der Waals surface area contributed by atoms with Gasteiger partial charge in [0.05, 0.1) is 0 Å². The molecule has 4 heterocycles. The number of nitrogens with two attached hydrogens (primary N) is 8. The number of aromatic nitrogens is 12. The Labute approximate surface area is 421 Å². The Bertz CT molecular complexity index is 3340. The summed E-state index contributed by atoms with van der Waals surface area (Å²) in [6, 6.07) is 52.3. The SMILES string of the molecule is Nc1nc(N)nc(-c2ccc(-c3c(-c4ccccc4)c(-c4ccc(-c5nc(N)nc(N)n5)cc4)c(-c4ccc(-c5nc(N)nc(N)n5)cc4)c(-c4ccccc4)c3-c3ccc(-c4nc(N)nc(N)n4)cc3)cc2)n1. The highest BCUT2D eigenvalue weighted by molar-refractivity contribution is 6.15. The summed E-state index contributed by atoms with van der Waals surface area (Å²) in [6.45, 7) is 0. The molecule has 11 rings (SSSR count). The van der Waals surface area contributed by atoms with Crippen LogP contribution in [-0.4, -0.2) is 59.8 Å². The average molecular weight is 971 g/mol. The molecule has 4 aromatic heterocycles. The van der Waals surface area contributed by atoms with Gasteiger partial charge in [-0.25, -0.2) is 0 Å². The molecule has 11 aromatic rings. The van der Waals surface area contributed by atoms with Crippen molar-refractivity contribution in [2.45, 2.75) is 0 Å². The zero-order valence-electron chi connectivity index (χ0n) is 39.0. The standard InChI is InChI=1S/C54H42N20/c55-47-63-43(64-48(56)71-47)33-19-11-29(12-20-33)39-37(27-7-3-1-4-8-27)40(30-13-21-34(22-14-30)44-65-49(57)72-50(58)66-44)42(32-17-25-36(26-18-32)46-69-53(61)74-54(62)70-46)38(28-9-5-2-6-10-28)41(39)31-15-23-35(24-16-31)45-67-51(59)73-52(60)68-45/h1-26H,(H4,55,56,63,64,71)(H4,57,58,65,66,72)(H4,59,60,67,68,73)(H4,61,62,69,70,74). The Hall–Kier alpha value is -11.0. The van der Waals surface area contributed by atoms with Crippen LogP contribution in [0, 0.1) is 0 Å². The molecule has 0 aliphatic heterocycles. The first kappa shape index (κ1) is 45.4. The monoisotopic (exact) mass is 970 g/mol. The second kappa shape index (κ2) is 18.7. The van der Waals surface area contributed by atoms with Crippen LogP contribution >= 0.6 is 0 Å². The van der Waals surface area contributed by atoms with Gasteiger partial charge in [0, 0.05) is 22.3 Å². The lowest BCUT2D eigenvalue weighted by molar-refractivity contribution is 1.09. The van der Waals surface area contributed by atoms with Crippen LogP contribution in [0.3, 0.4) is 0 Å². The van der Waals surface area contributed by atoms with E-state index in [1.807, 2.05) is 133 Å². The minimum atomic E-state index is 0.00647. The quantitative estimate of drug-likeness (QED) is 0.0649. The lowest BCUT2D eigenvalue weighted by Crippen LogP contribution is -2.05. The molecule has 0 amide bonds. The molecule has 0 spiro atoms. The number of hydrogen-bond acceptors (Lipinski definition) is 20. The van der Waals surface area contributed by atoms with Crippen LogP contribution in [0.15, 0.2) is 158 Å². The second-order valence-electron chi connectivity index (χ2n) is 16.8. The van der Waals surface area contributed by atoms with Crippen molar-refractivity contribution in [1.82, 2.24) is 59.8 Å². The lowest BCUT2D eigenvalue weighted by Gasteiger charge is -2.29. The fourth-order valence-corrected chi connectivity index (χ4v) is 8.99. The van der Waals surface area contributed by atoms with Crippen LogP contribution in [-0.2, 0) is 0 Å². The molecule has 0 saturated carbocycles. The summed E-state index contributed by atoms with van der Waals surface area (Å²) in [5.74, 6) is 1.36. The molecule has 0 fully saturated rings. The summed E-state index contributed by atoms with van der Waals surface area (Å²) in [6.07, 6.45) is 0. The van der Waals surface area contributed by atoms with E-state index in [2.05, 4.69) is 84.1 Å². The molecule has 0 aliphatic carbocycles.